The Hall–Kier alpha value is -2.90. The molecule has 0 aliphatic carbocycles. The number of benzene rings is 2. The highest BCUT2D eigenvalue weighted by Crippen LogP contribution is 2.44. The van der Waals surface area contributed by atoms with Gasteiger partial charge in [-0.05, 0) is 48.3 Å². The maximum atomic E-state index is 13.5. The van der Waals surface area contributed by atoms with Crippen molar-refractivity contribution in [2.75, 3.05) is 26.3 Å². The second kappa shape index (κ2) is 15.7. The summed E-state index contributed by atoms with van der Waals surface area (Å²) in [7, 11) is 1.42. The van der Waals surface area contributed by atoms with Gasteiger partial charge in [0, 0.05) is 43.2 Å². The molecule has 2 aromatic carbocycles. The van der Waals surface area contributed by atoms with Gasteiger partial charge in [0.05, 0.1) is 5.56 Å². The number of phenolic OH excluding ortho intramolecular Hbond substituents is 2. The number of hydrogen-bond donors (Lipinski definition) is 2. The zero-order valence-electron chi connectivity index (χ0n) is 24.1. The maximum absolute atomic E-state index is 13.5. The molecule has 1 heterocycles. The predicted molar refractivity (Wildman–Crippen MR) is 153 cm³/mol. The van der Waals surface area contributed by atoms with Gasteiger partial charge in [0.2, 0.25) is 0 Å². The molecule has 0 bridgehead atoms. The third kappa shape index (κ3) is 9.54. The van der Waals surface area contributed by atoms with E-state index in [9.17, 15) is 36.7 Å². The number of rotatable bonds is 17. The Bertz CT molecular complexity index is 1220. The van der Waals surface area contributed by atoms with E-state index >= 15 is 0 Å². The summed E-state index contributed by atoms with van der Waals surface area (Å²) in [6, 6.07) is 8.70. The molecule has 2 atom stereocenters. The van der Waals surface area contributed by atoms with Crippen molar-refractivity contribution < 1.29 is 55.7 Å². The lowest BCUT2D eigenvalue weighted by Crippen LogP contribution is -2.37. The van der Waals surface area contributed by atoms with Crippen molar-refractivity contribution in [1.82, 2.24) is 0 Å². The average Bonchev–Trinajstić information content (AvgIpc) is 2.94. The highest BCUT2D eigenvalue weighted by Gasteiger charge is 2.56. The number of phenols is 2. The fourth-order valence-corrected chi connectivity index (χ4v) is 5.86. The molecule has 2 unspecified atom stereocenters. The van der Waals surface area contributed by atoms with E-state index in [-0.39, 0.29) is 48.6 Å². The summed E-state index contributed by atoms with van der Waals surface area (Å²) < 4.78 is 101. The number of unbranched alkanes of at least 4 members (excludes halogenated alkanes) is 4. The minimum absolute atomic E-state index is 0.0723. The minimum atomic E-state index is -5.69. The van der Waals surface area contributed by atoms with Crippen LogP contribution in [0.5, 0.6) is 23.0 Å². The molecular weight excluding hydrogens is 599 g/mol. The molecular formula is C30H37F5O7S. The third-order valence-corrected chi connectivity index (χ3v) is 8.42. The van der Waals surface area contributed by atoms with Crippen LogP contribution in [0, 0.1) is 0 Å². The zero-order valence-corrected chi connectivity index (χ0v) is 24.9. The van der Waals surface area contributed by atoms with Crippen molar-refractivity contribution in [3.8, 4) is 23.0 Å². The van der Waals surface area contributed by atoms with Crippen LogP contribution in [-0.4, -0.2) is 58.6 Å². The second-order valence-corrected chi connectivity index (χ2v) is 11.8. The van der Waals surface area contributed by atoms with E-state index in [1.54, 1.807) is 12.1 Å². The van der Waals surface area contributed by atoms with E-state index in [4.69, 9.17) is 18.9 Å². The lowest BCUT2D eigenvalue weighted by atomic mass is 9.97. The second-order valence-electron chi connectivity index (χ2n) is 10.1. The summed E-state index contributed by atoms with van der Waals surface area (Å²) in [4.78, 5) is 0. The summed E-state index contributed by atoms with van der Waals surface area (Å²) in [5.41, 5.74) is 0.273. The number of methoxy groups -OCH3 is 1. The van der Waals surface area contributed by atoms with Gasteiger partial charge in [0.15, 0.2) is 6.79 Å². The van der Waals surface area contributed by atoms with Crippen LogP contribution < -0.4 is 9.47 Å². The summed E-state index contributed by atoms with van der Waals surface area (Å²) >= 11 is -1.93. The summed E-state index contributed by atoms with van der Waals surface area (Å²) in [6.45, 7) is 1.84. The van der Waals surface area contributed by atoms with Crippen LogP contribution in [0.2, 0.25) is 0 Å². The monoisotopic (exact) mass is 636 g/mol. The molecule has 2 aromatic rings. The molecule has 13 heteroatoms. The Morgan fingerprint density at radius 2 is 1.63 bits per heavy atom. The van der Waals surface area contributed by atoms with Crippen LogP contribution in [0.3, 0.4) is 0 Å². The lowest BCUT2D eigenvalue weighted by Gasteiger charge is -2.30. The first kappa shape index (κ1) is 34.6. The van der Waals surface area contributed by atoms with E-state index in [0.717, 1.165) is 25.7 Å². The fraction of sp³-hybridized carbons (Fsp3) is 0.533. The summed E-state index contributed by atoms with van der Waals surface area (Å²) in [5.74, 6) is -4.73. The number of halogens is 5. The largest absolute Gasteiger partial charge is 0.613 e. The van der Waals surface area contributed by atoms with Gasteiger partial charge in [-0.15, -0.1) is 0 Å². The number of hydrogen-bond acceptors (Lipinski definition) is 7. The average molecular weight is 637 g/mol. The van der Waals surface area contributed by atoms with Gasteiger partial charge in [-0.1, -0.05) is 32.6 Å². The van der Waals surface area contributed by atoms with Gasteiger partial charge in [0.1, 0.15) is 41.1 Å². The number of fused-ring (bicyclic) bond motifs is 1. The number of aromatic hydroxyl groups is 2. The third-order valence-electron chi connectivity index (χ3n) is 6.82. The van der Waals surface area contributed by atoms with E-state index in [1.165, 1.54) is 31.4 Å². The lowest BCUT2D eigenvalue weighted by molar-refractivity contribution is -0.284. The first-order chi connectivity index (χ1) is 20.4. The molecule has 0 radical (unpaired) electrons. The molecule has 0 saturated heterocycles. The maximum Gasteiger partial charge on any atom is 0.453 e. The van der Waals surface area contributed by atoms with Gasteiger partial charge in [0.25, 0.3) is 5.44 Å². The standard InChI is InChI=1S/C30H37F5O7S/c1-3-4-5-6-7-9-27(43(38)15-8-14-29(31,32)30(33,34)35)42-28-23-13-11-21(37)17-26(23)40-18-24(28)22-12-10-20(36)16-25(22)41-19-39-2/h10-13,16-17,27,36-37H,3-9,14-15,18-19H2,1-2H3. The van der Waals surface area contributed by atoms with Crippen LogP contribution in [0.25, 0.3) is 11.3 Å². The number of ether oxygens (including phenoxy) is 4. The van der Waals surface area contributed by atoms with Gasteiger partial charge in [-0.2, -0.15) is 22.0 Å². The summed E-state index contributed by atoms with van der Waals surface area (Å²) in [6.07, 6.45) is -3.22. The van der Waals surface area contributed by atoms with Crippen molar-refractivity contribution in [3.05, 3.63) is 47.5 Å². The highest BCUT2D eigenvalue weighted by atomic mass is 32.2. The fourth-order valence-electron chi connectivity index (χ4n) is 4.53. The van der Waals surface area contributed by atoms with Crippen molar-refractivity contribution in [3.63, 3.8) is 0 Å². The smallest absolute Gasteiger partial charge is 0.453 e. The highest BCUT2D eigenvalue weighted by molar-refractivity contribution is 7.91. The number of alkyl halides is 5. The van der Waals surface area contributed by atoms with Gasteiger partial charge in [-0.25, -0.2) is 0 Å². The quantitative estimate of drug-likeness (QED) is 0.0792. The van der Waals surface area contributed by atoms with E-state index < -0.39 is 47.3 Å². The molecule has 3 rings (SSSR count). The van der Waals surface area contributed by atoms with Gasteiger partial charge < -0.3 is 33.7 Å². The van der Waals surface area contributed by atoms with Crippen molar-refractivity contribution >= 4 is 22.5 Å². The van der Waals surface area contributed by atoms with E-state index in [1.807, 2.05) is 0 Å². The zero-order chi connectivity index (χ0) is 31.6. The molecule has 2 N–H and O–H groups in total. The van der Waals surface area contributed by atoms with Crippen LogP contribution in [0.4, 0.5) is 22.0 Å². The Morgan fingerprint density at radius 3 is 2.30 bits per heavy atom. The van der Waals surface area contributed by atoms with Crippen molar-refractivity contribution in [2.45, 2.75) is 75.8 Å². The van der Waals surface area contributed by atoms with Crippen LogP contribution in [0.15, 0.2) is 36.4 Å². The van der Waals surface area contributed by atoms with Crippen molar-refractivity contribution in [1.29, 1.82) is 0 Å². The Kier molecular flexibility index (Phi) is 12.6. The Morgan fingerprint density at radius 1 is 0.953 bits per heavy atom. The normalized spacial score (nSPS) is 15.1. The predicted octanol–water partition coefficient (Wildman–Crippen LogP) is 7.77. The SMILES string of the molecule is CCCCCCCC(OC1=C(c2ccc(O)cc2OCOC)COc2cc(O)ccc21)[S+]([O-])CCCC(F)(F)C(F)(F)F. The van der Waals surface area contributed by atoms with E-state index in [0.29, 0.717) is 23.1 Å². The first-order valence-corrected chi connectivity index (χ1v) is 15.4. The molecule has 240 valence electrons. The van der Waals surface area contributed by atoms with Crippen LogP contribution in [-0.2, 0) is 20.6 Å². The molecule has 0 spiro atoms. The summed E-state index contributed by atoms with van der Waals surface area (Å²) in [5, 5.41) is 20.1. The molecule has 0 aromatic heterocycles. The van der Waals surface area contributed by atoms with Gasteiger partial charge in [-0.3, -0.25) is 0 Å². The molecule has 1 aliphatic rings. The topological polar surface area (TPSA) is 100 Å². The molecule has 7 nitrogen and oxygen atoms in total. The van der Waals surface area contributed by atoms with Crippen LogP contribution in [0.1, 0.15) is 69.4 Å². The van der Waals surface area contributed by atoms with Crippen LogP contribution >= 0.6 is 0 Å². The Balaban J connectivity index is 1.98. The molecule has 0 saturated carbocycles. The Labute approximate surface area is 250 Å². The van der Waals surface area contributed by atoms with Gasteiger partial charge >= 0.3 is 12.1 Å². The minimum Gasteiger partial charge on any atom is -0.613 e. The van der Waals surface area contributed by atoms with Crippen molar-refractivity contribution in [2.24, 2.45) is 0 Å². The van der Waals surface area contributed by atoms with E-state index in [2.05, 4.69) is 6.92 Å². The molecule has 43 heavy (non-hydrogen) atoms. The molecule has 1 aliphatic heterocycles. The molecule has 0 amide bonds. The first-order valence-electron chi connectivity index (χ1n) is 14.0. The molecule has 0 fully saturated rings.